The Morgan fingerprint density at radius 3 is 2.15 bits per heavy atom. The highest BCUT2D eigenvalue weighted by Gasteiger charge is 2.17. The second-order valence-corrected chi connectivity index (χ2v) is 6.66. The Morgan fingerprint density at radius 2 is 1.33 bits per heavy atom. The van der Waals surface area contributed by atoms with E-state index in [0.29, 0.717) is 5.75 Å². The van der Waals surface area contributed by atoms with Crippen molar-refractivity contribution < 1.29 is 14.6 Å². The molecule has 0 fully saturated rings. The molecule has 0 aromatic heterocycles. The average Bonchev–Trinajstić information content (AvgIpc) is 2.72. The highest BCUT2D eigenvalue weighted by atomic mass is 16.5. The van der Waals surface area contributed by atoms with Crippen LogP contribution in [0.1, 0.15) is 0 Å². The van der Waals surface area contributed by atoms with Crippen LogP contribution in [-0.2, 0) is 0 Å². The van der Waals surface area contributed by atoms with E-state index in [4.69, 9.17) is 9.47 Å². The van der Waals surface area contributed by atoms with Gasteiger partial charge in [0, 0.05) is 21.5 Å². The Morgan fingerprint density at radius 1 is 0.593 bits per heavy atom. The summed E-state index contributed by atoms with van der Waals surface area (Å²) >= 11 is 0. The van der Waals surface area contributed by atoms with Gasteiger partial charge in [-0.1, -0.05) is 42.5 Å². The van der Waals surface area contributed by atoms with Crippen LogP contribution in [0.5, 0.6) is 17.2 Å². The first kappa shape index (κ1) is 15.8. The van der Waals surface area contributed by atoms with Crippen LogP contribution in [0.4, 0.5) is 0 Å². The van der Waals surface area contributed by atoms with Crippen LogP contribution in [0.3, 0.4) is 0 Å². The van der Waals surface area contributed by atoms with Crippen molar-refractivity contribution in [3.63, 3.8) is 0 Å². The molecule has 3 heteroatoms. The first-order valence-corrected chi connectivity index (χ1v) is 8.84. The zero-order chi connectivity index (χ0) is 18.5. The van der Waals surface area contributed by atoms with Crippen molar-refractivity contribution in [2.45, 2.75) is 0 Å². The van der Waals surface area contributed by atoms with Gasteiger partial charge in [-0.05, 0) is 45.8 Å². The van der Waals surface area contributed by atoms with Gasteiger partial charge in [0.2, 0.25) is 0 Å². The maximum Gasteiger partial charge on any atom is 0.127 e. The van der Waals surface area contributed by atoms with Crippen LogP contribution in [0.25, 0.3) is 43.1 Å². The van der Waals surface area contributed by atoms with Crippen LogP contribution < -0.4 is 9.47 Å². The molecule has 5 aromatic rings. The predicted molar refractivity (Wildman–Crippen MR) is 111 cm³/mol. The molecule has 0 aliphatic carbocycles. The van der Waals surface area contributed by atoms with Gasteiger partial charge in [0.15, 0.2) is 0 Å². The van der Waals surface area contributed by atoms with Gasteiger partial charge in [-0.25, -0.2) is 0 Å². The van der Waals surface area contributed by atoms with Crippen molar-refractivity contribution in [1.29, 1.82) is 0 Å². The molecule has 1 N–H and O–H groups in total. The van der Waals surface area contributed by atoms with Gasteiger partial charge in [0.25, 0.3) is 0 Å². The van der Waals surface area contributed by atoms with Crippen molar-refractivity contribution in [1.82, 2.24) is 0 Å². The largest absolute Gasteiger partial charge is 0.507 e. The van der Waals surface area contributed by atoms with Crippen LogP contribution in [0.15, 0.2) is 66.7 Å². The first-order chi connectivity index (χ1) is 13.2. The van der Waals surface area contributed by atoms with Crippen LogP contribution in [-0.4, -0.2) is 19.3 Å². The molecule has 0 saturated carbocycles. The number of ether oxygens (including phenoxy) is 2. The van der Waals surface area contributed by atoms with Crippen molar-refractivity contribution in [3.05, 3.63) is 66.7 Å². The second-order valence-electron chi connectivity index (χ2n) is 6.66. The fourth-order valence-electron chi connectivity index (χ4n) is 4.11. The molecular weight excluding hydrogens is 336 g/mol. The molecule has 0 spiro atoms. The number of hydrogen-bond donors (Lipinski definition) is 1. The number of phenols is 1. The Labute approximate surface area is 156 Å². The minimum Gasteiger partial charge on any atom is -0.507 e. The van der Waals surface area contributed by atoms with Gasteiger partial charge in [-0.3, -0.25) is 0 Å². The molecule has 27 heavy (non-hydrogen) atoms. The molecule has 132 valence electrons. The molecule has 0 aliphatic heterocycles. The van der Waals surface area contributed by atoms with E-state index in [1.807, 2.05) is 18.2 Å². The zero-order valence-electron chi connectivity index (χ0n) is 15.1. The monoisotopic (exact) mass is 354 g/mol. The minimum absolute atomic E-state index is 0.235. The van der Waals surface area contributed by atoms with Gasteiger partial charge in [0.1, 0.15) is 17.2 Å². The van der Waals surface area contributed by atoms with E-state index < -0.39 is 0 Å². The van der Waals surface area contributed by atoms with E-state index >= 15 is 0 Å². The predicted octanol–water partition coefficient (Wildman–Crippen LogP) is 6.02. The molecule has 3 nitrogen and oxygen atoms in total. The molecule has 0 radical (unpaired) electrons. The lowest BCUT2D eigenvalue weighted by molar-refractivity contribution is 0.414. The Balaban J connectivity index is 2.19. The van der Waals surface area contributed by atoms with E-state index in [1.165, 1.54) is 0 Å². The Hall–Kier alpha value is -3.46. The molecule has 0 amide bonds. The molecule has 5 aromatic carbocycles. The molecule has 0 aliphatic rings. The number of fused-ring (bicyclic) bond motifs is 7. The van der Waals surface area contributed by atoms with E-state index in [-0.39, 0.29) is 5.75 Å². The summed E-state index contributed by atoms with van der Waals surface area (Å²) < 4.78 is 11.3. The number of aromatic hydroxyl groups is 1. The fraction of sp³-hybridized carbons (Fsp3) is 0.0833. The minimum atomic E-state index is 0.235. The topological polar surface area (TPSA) is 38.7 Å². The summed E-state index contributed by atoms with van der Waals surface area (Å²) in [4.78, 5) is 0. The van der Waals surface area contributed by atoms with Gasteiger partial charge in [-0.2, -0.15) is 0 Å². The molecular formula is C24H18O3. The fourth-order valence-corrected chi connectivity index (χ4v) is 4.11. The molecule has 0 bridgehead atoms. The number of rotatable bonds is 2. The van der Waals surface area contributed by atoms with E-state index in [1.54, 1.807) is 26.4 Å². The highest BCUT2D eigenvalue weighted by molar-refractivity contribution is 6.30. The maximum absolute atomic E-state index is 10.8. The van der Waals surface area contributed by atoms with Crippen molar-refractivity contribution in [2.75, 3.05) is 14.2 Å². The van der Waals surface area contributed by atoms with Gasteiger partial charge in [-0.15, -0.1) is 0 Å². The molecule has 0 heterocycles. The second kappa shape index (κ2) is 5.78. The first-order valence-electron chi connectivity index (χ1n) is 8.84. The van der Waals surface area contributed by atoms with Gasteiger partial charge >= 0.3 is 0 Å². The summed E-state index contributed by atoms with van der Waals surface area (Å²) in [5.41, 5.74) is 0. The zero-order valence-corrected chi connectivity index (χ0v) is 15.1. The van der Waals surface area contributed by atoms with Crippen molar-refractivity contribution >= 4 is 43.1 Å². The third kappa shape index (κ3) is 2.15. The standard InChI is InChI=1S/C24H18O3/c1-26-20-12-11-19(25)23-18(20)13-21(27-2)17-10-9-15-8-7-14-5-3-4-6-16(14)22(15)24(17)23/h3-13,25H,1-2H3. The lowest BCUT2D eigenvalue weighted by Crippen LogP contribution is -1.92. The number of benzene rings is 5. The third-order valence-electron chi connectivity index (χ3n) is 5.32. The quantitative estimate of drug-likeness (QED) is 0.394. The Kier molecular flexibility index (Phi) is 3.37. The smallest absolute Gasteiger partial charge is 0.127 e. The summed E-state index contributed by atoms with van der Waals surface area (Å²) in [6.07, 6.45) is 0. The molecule has 0 atom stereocenters. The lowest BCUT2D eigenvalue weighted by Gasteiger charge is -2.16. The normalized spacial score (nSPS) is 11.5. The lowest BCUT2D eigenvalue weighted by atomic mass is 9.92. The van der Waals surface area contributed by atoms with Crippen LogP contribution >= 0.6 is 0 Å². The number of phenolic OH excluding ortho intramolecular Hbond substituents is 1. The molecule has 0 saturated heterocycles. The summed E-state index contributed by atoms with van der Waals surface area (Å²) in [5, 5.41) is 18.9. The van der Waals surface area contributed by atoms with Gasteiger partial charge < -0.3 is 14.6 Å². The SMILES string of the molecule is COc1ccc(O)c2c1cc(OC)c1ccc3ccc4ccccc4c3c12. The van der Waals surface area contributed by atoms with Crippen LogP contribution in [0.2, 0.25) is 0 Å². The van der Waals surface area contributed by atoms with Crippen LogP contribution in [0, 0.1) is 0 Å². The number of hydrogen-bond acceptors (Lipinski definition) is 3. The summed E-state index contributed by atoms with van der Waals surface area (Å²) in [7, 11) is 3.31. The maximum atomic E-state index is 10.8. The molecule has 5 rings (SSSR count). The average molecular weight is 354 g/mol. The third-order valence-corrected chi connectivity index (χ3v) is 5.32. The van der Waals surface area contributed by atoms with Crippen molar-refractivity contribution in [3.8, 4) is 17.2 Å². The van der Waals surface area contributed by atoms with E-state index in [9.17, 15) is 5.11 Å². The van der Waals surface area contributed by atoms with E-state index in [0.717, 1.165) is 48.8 Å². The Bertz CT molecular complexity index is 1350. The molecule has 0 unspecified atom stereocenters. The number of methoxy groups -OCH3 is 2. The van der Waals surface area contributed by atoms with E-state index in [2.05, 4.69) is 36.4 Å². The van der Waals surface area contributed by atoms with Gasteiger partial charge in [0.05, 0.1) is 14.2 Å². The highest BCUT2D eigenvalue weighted by Crippen LogP contribution is 2.45. The summed E-state index contributed by atoms with van der Waals surface area (Å²) in [6, 6.07) is 22.2. The summed E-state index contributed by atoms with van der Waals surface area (Å²) in [5.74, 6) is 1.70. The van der Waals surface area contributed by atoms with Crippen molar-refractivity contribution in [2.24, 2.45) is 0 Å². The summed E-state index contributed by atoms with van der Waals surface area (Å²) in [6.45, 7) is 0.